The van der Waals surface area contributed by atoms with Crippen LogP contribution in [0.25, 0.3) is 0 Å². The Morgan fingerprint density at radius 1 is 1.12 bits per heavy atom. The average Bonchev–Trinajstić information content (AvgIpc) is 3.00. The Kier molecular flexibility index (Phi) is 3.45. The van der Waals surface area contributed by atoms with E-state index in [2.05, 4.69) is 0 Å². The zero-order valence-electron chi connectivity index (χ0n) is 11.2. The molecule has 2 heteroatoms. The van der Waals surface area contributed by atoms with Gasteiger partial charge in [-0.15, -0.1) is 0 Å². The van der Waals surface area contributed by atoms with E-state index in [1.165, 1.54) is 32.1 Å². The van der Waals surface area contributed by atoms with E-state index in [0.717, 1.165) is 36.2 Å². The van der Waals surface area contributed by atoms with Crippen molar-refractivity contribution in [3.63, 3.8) is 0 Å². The third-order valence-corrected chi connectivity index (χ3v) is 5.74. The molecule has 3 fully saturated rings. The summed E-state index contributed by atoms with van der Waals surface area (Å²) in [7, 11) is 1.71. The molecular formula is C15H26O2. The van der Waals surface area contributed by atoms with Gasteiger partial charge in [-0.1, -0.05) is 6.42 Å². The fraction of sp³-hybridized carbons (Fsp3) is 1.00. The van der Waals surface area contributed by atoms with Gasteiger partial charge in [-0.3, -0.25) is 0 Å². The largest absolute Gasteiger partial charge is 0.356 e. The minimum Gasteiger partial charge on any atom is -0.356 e. The van der Waals surface area contributed by atoms with Crippen molar-refractivity contribution in [1.82, 2.24) is 0 Å². The van der Waals surface area contributed by atoms with Crippen LogP contribution in [0.1, 0.15) is 45.4 Å². The van der Waals surface area contributed by atoms with Crippen LogP contribution in [0.4, 0.5) is 0 Å². The summed E-state index contributed by atoms with van der Waals surface area (Å²) in [5.74, 6) is 5.31. The highest BCUT2D eigenvalue weighted by Crippen LogP contribution is 2.61. The molecule has 0 heterocycles. The molecule has 2 nitrogen and oxygen atoms in total. The van der Waals surface area contributed by atoms with E-state index in [0.29, 0.717) is 0 Å². The van der Waals surface area contributed by atoms with Crippen LogP contribution < -0.4 is 0 Å². The van der Waals surface area contributed by atoms with E-state index >= 15 is 0 Å². The smallest absolute Gasteiger partial charge is 0.154 e. The Morgan fingerprint density at radius 3 is 2.76 bits per heavy atom. The molecule has 0 radical (unpaired) electrons. The maximum Gasteiger partial charge on any atom is 0.154 e. The second kappa shape index (κ2) is 4.89. The molecule has 3 saturated carbocycles. The summed E-state index contributed by atoms with van der Waals surface area (Å²) in [6.07, 6.45) is 8.83. The van der Waals surface area contributed by atoms with Gasteiger partial charge in [0.05, 0.1) is 0 Å². The molecule has 0 amide bonds. The first-order chi connectivity index (χ1) is 8.29. The van der Waals surface area contributed by atoms with Crippen LogP contribution in [0.2, 0.25) is 0 Å². The maximum atomic E-state index is 5.65. The van der Waals surface area contributed by atoms with Crippen molar-refractivity contribution < 1.29 is 9.47 Å². The third kappa shape index (κ3) is 2.15. The summed E-state index contributed by atoms with van der Waals surface area (Å²) in [6.45, 7) is 2.87. The van der Waals surface area contributed by atoms with Crippen molar-refractivity contribution in [2.75, 3.05) is 13.7 Å². The lowest BCUT2D eigenvalue weighted by molar-refractivity contribution is -0.114. The van der Waals surface area contributed by atoms with Crippen LogP contribution in [-0.4, -0.2) is 20.0 Å². The van der Waals surface area contributed by atoms with Crippen molar-refractivity contribution in [2.24, 2.45) is 29.6 Å². The molecule has 0 aromatic rings. The highest BCUT2D eigenvalue weighted by atomic mass is 16.7. The van der Waals surface area contributed by atoms with Crippen molar-refractivity contribution in [2.45, 2.75) is 51.7 Å². The van der Waals surface area contributed by atoms with E-state index in [1.54, 1.807) is 13.5 Å². The topological polar surface area (TPSA) is 18.5 Å². The Labute approximate surface area is 105 Å². The minimum absolute atomic E-state index is 0.0344. The van der Waals surface area contributed by atoms with Crippen molar-refractivity contribution >= 4 is 0 Å². The number of hydrogen-bond donors (Lipinski definition) is 0. The van der Waals surface area contributed by atoms with E-state index in [9.17, 15) is 0 Å². The summed E-state index contributed by atoms with van der Waals surface area (Å²) in [5, 5.41) is 0. The molecule has 3 aliphatic rings. The lowest BCUT2D eigenvalue weighted by Gasteiger charge is -2.31. The van der Waals surface area contributed by atoms with Gasteiger partial charge in [0.25, 0.3) is 0 Å². The Morgan fingerprint density at radius 2 is 1.94 bits per heavy atom. The van der Waals surface area contributed by atoms with E-state index < -0.39 is 0 Å². The fourth-order valence-electron chi connectivity index (χ4n) is 5.00. The minimum atomic E-state index is -0.0344. The first-order valence-corrected chi connectivity index (χ1v) is 7.44. The number of fused-ring (bicyclic) bond motifs is 5. The third-order valence-electron chi connectivity index (χ3n) is 5.74. The molecule has 3 rings (SSSR count). The molecule has 0 aromatic heterocycles. The molecule has 0 spiro atoms. The van der Waals surface area contributed by atoms with Gasteiger partial charge >= 0.3 is 0 Å². The molecular weight excluding hydrogens is 212 g/mol. The number of hydrogen-bond acceptors (Lipinski definition) is 2. The van der Waals surface area contributed by atoms with Gasteiger partial charge < -0.3 is 9.47 Å². The standard InChI is InChI=1S/C15H26O2/c1-10(16-2)17-7-6-11-8-12-9-15(11)14-5-3-4-13(12)14/h10-15H,3-9H2,1-2H3. The van der Waals surface area contributed by atoms with Crippen molar-refractivity contribution in [1.29, 1.82) is 0 Å². The van der Waals surface area contributed by atoms with Gasteiger partial charge in [-0.2, -0.15) is 0 Å². The van der Waals surface area contributed by atoms with Crippen LogP contribution in [0.5, 0.6) is 0 Å². The van der Waals surface area contributed by atoms with Gasteiger partial charge in [0, 0.05) is 13.7 Å². The first kappa shape index (κ1) is 12.0. The summed E-state index contributed by atoms with van der Waals surface area (Å²) >= 11 is 0. The van der Waals surface area contributed by atoms with Crippen molar-refractivity contribution in [3.05, 3.63) is 0 Å². The summed E-state index contributed by atoms with van der Waals surface area (Å²) in [6, 6.07) is 0. The van der Waals surface area contributed by atoms with Crippen LogP contribution in [0.3, 0.4) is 0 Å². The van der Waals surface area contributed by atoms with Gasteiger partial charge in [0.15, 0.2) is 6.29 Å². The molecule has 17 heavy (non-hydrogen) atoms. The Balaban J connectivity index is 1.47. The lowest BCUT2D eigenvalue weighted by atomic mass is 9.75. The fourth-order valence-corrected chi connectivity index (χ4v) is 5.00. The average molecular weight is 238 g/mol. The molecule has 98 valence electrons. The SMILES string of the molecule is COC(C)OCCC1CC2CC1C1CCCC21. The van der Waals surface area contributed by atoms with Crippen LogP contribution in [-0.2, 0) is 9.47 Å². The molecule has 0 saturated heterocycles. The number of methoxy groups -OCH3 is 1. The summed E-state index contributed by atoms with van der Waals surface area (Å²) in [5.41, 5.74) is 0. The first-order valence-electron chi connectivity index (χ1n) is 7.44. The lowest BCUT2D eigenvalue weighted by Crippen LogP contribution is -2.25. The van der Waals surface area contributed by atoms with Crippen LogP contribution in [0.15, 0.2) is 0 Å². The monoisotopic (exact) mass is 238 g/mol. The van der Waals surface area contributed by atoms with E-state index in [1.807, 2.05) is 6.92 Å². The molecule has 0 aliphatic heterocycles. The van der Waals surface area contributed by atoms with Crippen LogP contribution >= 0.6 is 0 Å². The highest BCUT2D eigenvalue weighted by molar-refractivity contribution is 5.02. The van der Waals surface area contributed by atoms with Gasteiger partial charge in [0.2, 0.25) is 0 Å². The van der Waals surface area contributed by atoms with Gasteiger partial charge in [0.1, 0.15) is 0 Å². The molecule has 6 unspecified atom stereocenters. The number of ether oxygens (including phenoxy) is 2. The Bertz CT molecular complexity index is 266. The summed E-state index contributed by atoms with van der Waals surface area (Å²) < 4.78 is 10.8. The zero-order chi connectivity index (χ0) is 11.8. The second-order valence-electron chi connectivity index (χ2n) is 6.38. The van der Waals surface area contributed by atoms with Gasteiger partial charge in [-0.25, -0.2) is 0 Å². The van der Waals surface area contributed by atoms with Crippen molar-refractivity contribution in [3.8, 4) is 0 Å². The predicted molar refractivity (Wildman–Crippen MR) is 67.6 cm³/mol. The highest BCUT2D eigenvalue weighted by Gasteiger charge is 2.53. The maximum absolute atomic E-state index is 5.65. The quantitative estimate of drug-likeness (QED) is 0.683. The normalized spacial score (nSPS) is 45.2. The summed E-state index contributed by atoms with van der Waals surface area (Å²) in [4.78, 5) is 0. The molecule has 2 bridgehead atoms. The molecule has 3 aliphatic carbocycles. The van der Waals surface area contributed by atoms with E-state index in [-0.39, 0.29) is 6.29 Å². The molecule has 0 N–H and O–H groups in total. The molecule has 6 atom stereocenters. The Hall–Kier alpha value is -0.0800. The van der Waals surface area contributed by atoms with Crippen LogP contribution in [0, 0.1) is 29.6 Å². The van der Waals surface area contributed by atoms with Gasteiger partial charge in [-0.05, 0) is 68.6 Å². The molecule has 0 aromatic carbocycles. The second-order valence-corrected chi connectivity index (χ2v) is 6.38. The zero-order valence-corrected chi connectivity index (χ0v) is 11.2. The predicted octanol–water partition coefficient (Wildman–Crippen LogP) is 3.46. The number of rotatable bonds is 5. The van der Waals surface area contributed by atoms with E-state index in [4.69, 9.17) is 9.47 Å².